The second kappa shape index (κ2) is 7.31. The lowest BCUT2D eigenvalue weighted by molar-refractivity contribution is 0.0621. The Kier molecular flexibility index (Phi) is 4.48. The van der Waals surface area contributed by atoms with Crippen molar-refractivity contribution in [1.82, 2.24) is 19.7 Å². The summed E-state index contributed by atoms with van der Waals surface area (Å²) in [5.41, 5.74) is 4.67. The highest BCUT2D eigenvalue weighted by atomic mass is 16.5. The van der Waals surface area contributed by atoms with Gasteiger partial charge in [0.25, 0.3) is 5.91 Å². The van der Waals surface area contributed by atoms with Crippen LogP contribution in [0, 0.1) is 0 Å². The molecule has 0 bridgehead atoms. The largest absolute Gasteiger partial charge is 0.497 e. The maximum Gasteiger partial charge on any atom is 0.255 e. The fourth-order valence-corrected chi connectivity index (χ4v) is 3.87. The predicted octanol–water partition coefficient (Wildman–Crippen LogP) is 3.78. The lowest BCUT2D eigenvalue weighted by Crippen LogP contribution is -2.21. The van der Waals surface area contributed by atoms with E-state index in [0.29, 0.717) is 24.5 Å². The van der Waals surface area contributed by atoms with Crippen molar-refractivity contribution in [2.75, 3.05) is 19.0 Å². The van der Waals surface area contributed by atoms with Gasteiger partial charge in [-0.15, -0.1) is 0 Å². The Morgan fingerprint density at radius 1 is 1.27 bits per heavy atom. The van der Waals surface area contributed by atoms with E-state index in [-0.39, 0.29) is 11.9 Å². The minimum Gasteiger partial charge on any atom is -0.497 e. The first-order chi connectivity index (χ1) is 14.6. The minimum atomic E-state index is -0.210. The summed E-state index contributed by atoms with van der Waals surface area (Å²) < 4.78 is 13.0. The highest BCUT2D eigenvalue weighted by molar-refractivity contribution is 6.08. The number of carbonyl (C=O) groups is 1. The van der Waals surface area contributed by atoms with Crippen molar-refractivity contribution in [1.29, 1.82) is 0 Å². The second-order valence-electron chi connectivity index (χ2n) is 7.31. The van der Waals surface area contributed by atoms with Crippen LogP contribution in [0.1, 0.15) is 29.1 Å². The summed E-state index contributed by atoms with van der Waals surface area (Å²) in [5, 5.41) is 10.0. The standard InChI is InChI=1S/C22H21N5O3/c1-13-11-30-12-20-25-19-10-14(22(28)24-15-3-5-16(29-2)6-4-15)9-17(21(19)27(13)20)18-7-8-23-26-18/h3-10,13H,11-12H2,1-2H3,(H,23,26)(H,24,28)/t13-/m1/s1. The first kappa shape index (κ1) is 18.4. The molecule has 0 spiro atoms. The van der Waals surface area contributed by atoms with Crippen molar-refractivity contribution in [3.8, 4) is 17.0 Å². The van der Waals surface area contributed by atoms with E-state index < -0.39 is 0 Å². The Bertz CT molecular complexity index is 1210. The molecule has 0 fully saturated rings. The first-order valence-corrected chi connectivity index (χ1v) is 9.72. The summed E-state index contributed by atoms with van der Waals surface area (Å²) in [5.74, 6) is 1.38. The third-order valence-corrected chi connectivity index (χ3v) is 5.29. The van der Waals surface area contributed by atoms with Crippen LogP contribution in [-0.4, -0.2) is 39.4 Å². The predicted molar refractivity (Wildman–Crippen MR) is 113 cm³/mol. The fourth-order valence-electron chi connectivity index (χ4n) is 3.87. The molecule has 30 heavy (non-hydrogen) atoms. The van der Waals surface area contributed by atoms with Crippen molar-refractivity contribution in [3.63, 3.8) is 0 Å². The van der Waals surface area contributed by atoms with Crippen LogP contribution >= 0.6 is 0 Å². The summed E-state index contributed by atoms with van der Waals surface area (Å²) in [7, 11) is 1.61. The van der Waals surface area contributed by atoms with Crippen LogP contribution in [0.4, 0.5) is 5.69 Å². The molecule has 4 aromatic rings. The Morgan fingerprint density at radius 3 is 2.83 bits per heavy atom. The van der Waals surface area contributed by atoms with E-state index in [9.17, 15) is 4.79 Å². The van der Waals surface area contributed by atoms with Crippen molar-refractivity contribution in [2.24, 2.45) is 0 Å². The Labute approximate surface area is 172 Å². The van der Waals surface area contributed by atoms with Crippen LogP contribution in [0.25, 0.3) is 22.3 Å². The molecule has 8 nitrogen and oxygen atoms in total. The molecule has 0 radical (unpaired) electrons. The van der Waals surface area contributed by atoms with Gasteiger partial charge in [-0.3, -0.25) is 9.89 Å². The Hall–Kier alpha value is -3.65. The highest BCUT2D eigenvalue weighted by Gasteiger charge is 2.25. The van der Waals surface area contributed by atoms with Gasteiger partial charge in [0.2, 0.25) is 0 Å². The molecular formula is C22H21N5O3. The number of hydrogen-bond donors (Lipinski definition) is 2. The van der Waals surface area contributed by atoms with Gasteiger partial charge in [0.1, 0.15) is 18.2 Å². The first-order valence-electron chi connectivity index (χ1n) is 9.72. The van der Waals surface area contributed by atoms with E-state index in [1.165, 1.54) is 0 Å². The molecule has 2 aromatic heterocycles. The molecular weight excluding hydrogens is 382 g/mol. The monoisotopic (exact) mass is 403 g/mol. The Balaban J connectivity index is 1.60. The molecule has 0 unspecified atom stereocenters. The zero-order valence-corrected chi connectivity index (χ0v) is 16.7. The molecule has 1 aliphatic heterocycles. The molecule has 2 aromatic carbocycles. The zero-order valence-electron chi connectivity index (χ0n) is 16.7. The van der Waals surface area contributed by atoms with E-state index in [0.717, 1.165) is 33.9 Å². The summed E-state index contributed by atoms with van der Waals surface area (Å²) >= 11 is 0. The molecule has 1 atom stereocenters. The molecule has 5 rings (SSSR count). The van der Waals surface area contributed by atoms with Crippen molar-refractivity contribution >= 4 is 22.6 Å². The number of ether oxygens (including phenoxy) is 2. The van der Waals surface area contributed by atoms with Gasteiger partial charge in [-0.25, -0.2) is 4.98 Å². The number of hydrogen-bond acceptors (Lipinski definition) is 5. The van der Waals surface area contributed by atoms with Gasteiger partial charge >= 0.3 is 0 Å². The van der Waals surface area contributed by atoms with Crippen LogP contribution < -0.4 is 10.1 Å². The zero-order chi connectivity index (χ0) is 20.7. The number of methoxy groups -OCH3 is 1. The van der Waals surface area contributed by atoms with Gasteiger partial charge in [-0.2, -0.15) is 5.10 Å². The molecule has 0 aliphatic carbocycles. The van der Waals surface area contributed by atoms with Crippen LogP contribution in [0.15, 0.2) is 48.7 Å². The number of nitrogens with zero attached hydrogens (tertiary/aromatic N) is 3. The van der Waals surface area contributed by atoms with E-state index in [1.807, 2.05) is 18.2 Å². The van der Waals surface area contributed by atoms with Crippen LogP contribution in [-0.2, 0) is 11.3 Å². The van der Waals surface area contributed by atoms with E-state index in [4.69, 9.17) is 14.5 Å². The number of benzene rings is 2. The highest BCUT2D eigenvalue weighted by Crippen LogP contribution is 2.34. The van der Waals surface area contributed by atoms with Crippen LogP contribution in [0.5, 0.6) is 5.75 Å². The SMILES string of the molecule is COc1ccc(NC(=O)c2cc(-c3ccn[nH]3)c3c(c2)nc2n3[C@H](C)COC2)cc1. The number of carbonyl (C=O) groups excluding carboxylic acids is 1. The number of aromatic nitrogens is 4. The topological polar surface area (TPSA) is 94.1 Å². The van der Waals surface area contributed by atoms with E-state index in [1.54, 1.807) is 37.6 Å². The second-order valence-corrected chi connectivity index (χ2v) is 7.31. The van der Waals surface area contributed by atoms with Crippen LogP contribution in [0.2, 0.25) is 0 Å². The average molecular weight is 403 g/mol. The van der Waals surface area contributed by atoms with Gasteiger partial charge in [0.15, 0.2) is 0 Å². The van der Waals surface area contributed by atoms with Crippen LogP contribution in [0.3, 0.4) is 0 Å². The van der Waals surface area contributed by atoms with Gasteiger partial charge in [0, 0.05) is 23.0 Å². The Morgan fingerprint density at radius 2 is 2.10 bits per heavy atom. The quantitative estimate of drug-likeness (QED) is 0.541. The smallest absolute Gasteiger partial charge is 0.255 e. The maximum absolute atomic E-state index is 13.0. The summed E-state index contributed by atoms with van der Waals surface area (Å²) in [6.45, 7) is 3.18. The summed E-state index contributed by atoms with van der Waals surface area (Å²) in [4.78, 5) is 17.8. The third-order valence-electron chi connectivity index (χ3n) is 5.29. The number of amides is 1. The number of anilines is 1. The molecule has 0 saturated heterocycles. The van der Waals surface area contributed by atoms with Crippen molar-refractivity contribution < 1.29 is 14.3 Å². The molecule has 2 N–H and O–H groups in total. The fraction of sp³-hybridized carbons (Fsp3) is 0.227. The number of nitrogens with one attached hydrogen (secondary N) is 2. The molecule has 0 saturated carbocycles. The molecule has 1 amide bonds. The van der Waals surface area contributed by atoms with Crippen molar-refractivity contribution in [2.45, 2.75) is 19.6 Å². The minimum absolute atomic E-state index is 0.152. The lowest BCUT2D eigenvalue weighted by Gasteiger charge is -2.23. The average Bonchev–Trinajstić information content (AvgIpc) is 3.42. The van der Waals surface area contributed by atoms with Gasteiger partial charge in [-0.1, -0.05) is 0 Å². The lowest BCUT2D eigenvalue weighted by atomic mass is 10.0. The number of fused-ring (bicyclic) bond motifs is 3. The normalized spacial score (nSPS) is 15.7. The molecule has 3 heterocycles. The van der Waals surface area contributed by atoms with E-state index >= 15 is 0 Å². The molecule has 8 heteroatoms. The number of imidazole rings is 1. The van der Waals surface area contributed by atoms with Gasteiger partial charge < -0.3 is 19.4 Å². The summed E-state index contributed by atoms with van der Waals surface area (Å²) in [6, 6.07) is 13.0. The summed E-state index contributed by atoms with van der Waals surface area (Å²) in [6.07, 6.45) is 1.70. The van der Waals surface area contributed by atoms with E-state index in [2.05, 4.69) is 27.0 Å². The van der Waals surface area contributed by atoms with Gasteiger partial charge in [-0.05, 0) is 49.4 Å². The number of H-pyrrole nitrogens is 1. The maximum atomic E-state index is 13.0. The number of rotatable bonds is 4. The molecule has 1 aliphatic rings. The third kappa shape index (κ3) is 3.11. The molecule has 152 valence electrons. The number of aromatic amines is 1. The van der Waals surface area contributed by atoms with Gasteiger partial charge in [0.05, 0.1) is 36.5 Å². The van der Waals surface area contributed by atoms with Crippen molar-refractivity contribution in [3.05, 3.63) is 60.0 Å².